The van der Waals surface area contributed by atoms with Crippen molar-refractivity contribution in [2.24, 2.45) is 0 Å². The highest BCUT2D eigenvalue weighted by Gasteiger charge is 2.10. The minimum atomic E-state index is 0.0133. The third kappa shape index (κ3) is 2.30. The van der Waals surface area contributed by atoms with Crippen molar-refractivity contribution in [3.8, 4) is 0 Å². The first kappa shape index (κ1) is 10.9. The molecular formula is C11H6BrClOS. The SMILES string of the molecule is O=C(c1ccc(Br)c(Cl)c1)c1cccs1. The Kier molecular flexibility index (Phi) is 3.24. The van der Waals surface area contributed by atoms with E-state index in [1.165, 1.54) is 11.3 Å². The van der Waals surface area contributed by atoms with Gasteiger partial charge in [-0.2, -0.15) is 0 Å². The lowest BCUT2D eigenvalue weighted by Gasteiger charge is -2.00. The monoisotopic (exact) mass is 300 g/mol. The molecule has 0 radical (unpaired) electrons. The highest BCUT2D eigenvalue weighted by atomic mass is 79.9. The summed E-state index contributed by atoms with van der Waals surface area (Å²) in [6.45, 7) is 0. The van der Waals surface area contributed by atoms with Crippen LogP contribution < -0.4 is 0 Å². The van der Waals surface area contributed by atoms with Gasteiger partial charge < -0.3 is 0 Å². The number of rotatable bonds is 2. The van der Waals surface area contributed by atoms with Crippen molar-refractivity contribution in [2.45, 2.75) is 0 Å². The largest absolute Gasteiger partial charge is 0.288 e. The Balaban J connectivity index is 2.39. The third-order valence-corrected chi connectivity index (χ3v) is 4.03. The summed E-state index contributed by atoms with van der Waals surface area (Å²) in [5.74, 6) is 0.0133. The van der Waals surface area contributed by atoms with Crippen LogP contribution in [0, 0.1) is 0 Å². The summed E-state index contributed by atoms with van der Waals surface area (Å²) in [7, 11) is 0. The van der Waals surface area contributed by atoms with Gasteiger partial charge in [-0.25, -0.2) is 0 Å². The Morgan fingerprint density at radius 3 is 2.73 bits per heavy atom. The molecule has 0 aliphatic heterocycles. The van der Waals surface area contributed by atoms with E-state index in [0.29, 0.717) is 10.6 Å². The van der Waals surface area contributed by atoms with Gasteiger partial charge in [-0.05, 0) is 45.6 Å². The lowest BCUT2D eigenvalue weighted by molar-refractivity contribution is 0.104. The summed E-state index contributed by atoms with van der Waals surface area (Å²) in [6.07, 6.45) is 0. The van der Waals surface area contributed by atoms with Crippen molar-refractivity contribution in [1.82, 2.24) is 0 Å². The minimum Gasteiger partial charge on any atom is -0.288 e. The normalized spacial score (nSPS) is 10.3. The Hall–Kier alpha value is -0.640. The molecule has 0 unspecified atom stereocenters. The summed E-state index contributed by atoms with van der Waals surface area (Å²) in [6, 6.07) is 8.89. The zero-order valence-corrected chi connectivity index (χ0v) is 10.7. The molecule has 0 atom stereocenters. The van der Waals surface area contributed by atoms with Crippen LogP contribution in [0.25, 0.3) is 0 Å². The molecule has 0 aliphatic rings. The van der Waals surface area contributed by atoms with Crippen LogP contribution >= 0.6 is 38.9 Å². The van der Waals surface area contributed by atoms with Gasteiger partial charge in [0.2, 0.25) is 5.78 Å². The van der Waals surface area contributed by atoms with Gasteiger partial charge in [0.1, 0.15) is 0 Å². The molecule has 1 nitrogen and oxygen atoms in total. The van der Waals surface area contributed by atoms with Crippen molar-refractivity contribution < 1.29 is 4.79 Å². The van der Waals surface area contributed by atoms with Gasteiger partial charge in [0.25, 0.3) is 0 Å². The number of hydrogen-bond acceptors (Lipinski definition) is 2. The highest BCUT2D eigenvalue weighted by Crippen LogP contribution is 2.25. The van der Waals surface area contributed by atoms with E-state index in [2.05, 4.69) is 15.9 Å². The lowest BCUT2D eigenvalue weighted by Crippen LogP contribution is -1.97. The number of thiophene rings is 1. The van der Waals surface area contributed by atoms with Crippen LogP contribution in [0.3, 0.4) is 0 Å². The fraction of sp³-hybridized carbons (Fsp3) is 0. The van der Waals surface area contributed by atoms with Crippen molar-refractivity contribution in [3.05, 3.63) is 55.6 Å². The number of benzene rings is 1. The molecule has 1 aromatic carbocycles. The molecule has 0 spiro atoms. The molecule has 1 aromatic heterocycles. The smallest absolute Gasteiger partial charge is 0.202 e. The topological polar surface area (TPSA) is 17.1 Å². The van der Waals surface area contributed by atoms with Crippen molar-refractivity contribution >= 4 is 44.7 Å². The first-order valence-corrected chi connectivity index (χ1v) is 6.27. The Labute approximate surface area is 105 Å². The third-order valence-electron chi connectivity index (χ3n) is 1.93. The van der Waals surface area contributed by atoms with E-state index < -0.39 is 0 Å². The van der Waals surface area contributed by atoms with E-state index in [1.807, 2.05) is 17.5 Å². The van der Waals surface area contributed by atoms with Crippen LogP contribution in [0.5, 0.6) is 0 Å². The molecule has 0 N–H and O–H groups in total. The second-order valence-corrected chi connectivity index (χ2v) is 5.14. The molecule has 0 aliphatic carbocycles. The van der Waals surface area contributed by atoms with Crippen LogP contribution in [0.15, 0.2) is 40.2 Å². The maximum Gasteiger partial charge on any atom is 0.202 e. The van der Waals surface area contributed by atoms with Gasteiger partial charge in [-0.1, -0.05) is 17.7 Å². The van der Waals surface area contributed by atoms with E-state index >= 15 is 0 Å². The molecule has 15 heavy (non-hydrogen) atoms. The number of ketones is 1. The first-order valence-electron chi connectivity index (χ1n) is 4.22. The van der Waals surface area contributed by atoms with Crippen LogP contribution in [0.2, 0.25) is 5.02 Å². The molecule has 2 rings (SSSR count). The van der Waals surface area contributed by atoms with E-state index in [4.69, 9.17) is 11.6 Å². The van der Waals surface area contributed by atoms with E-state index in [1.54, 1.807) is 18.2 Å². The van der Waals surface area contributed by atoms with Crippen LogP contribution in [-0.4, -0.2) is 5.78 Å². The zero-order chi connectivity index (χ0) is 10.8. The summed E-state index contributed by atoms with van der Waals surface area (Å²) in [5, 5.41) is 2.44. The molecule has 0 amide bonds. The number of carbonyl (C=O) groups excluding carboxylic acids is 1. The quantitative estimate of drug-likeness (QED) is 0.752. The average molecular weight is 302 g/mol. The predicted molar refractivity (Wildman–Crippen MR) is 66.9 cm³/mol. The van der Waals surface area contributed by atoms with Crippen molar-refractivity contribution in [2.75, 3.05) is 0 Å². The number of halogens is 2. The molecule has 1 heterocycles. The van der Waals surface area contributed by atoms with E-state index in [0.717, 1.165) is 9.35 Å². The molecule has 0 fully saturated rings. The fourth-order valence-electron chi connectivity index (χ4n) is 1.19. The van der Waals surface area contributed by atoms with E-state index in [9.17, 15) is 4.79 Å². The van der Waals surface area contributed by atoms with E-state index in [-0.39, 0.29) is 5.78 Å². The maximum atomic E-state index is 11.9. The summed E-state index contributed by atoms with van der Waals surface area (Å²) >= 11 is 10.6. The second-order valence-electron chi connectivity index (χ2n) is 2.94. The fourth-order valence-corrected chi connectivity index (χ4v) is 2.30. The van der Waals surface area contributed by atoms with Crippen molar-refractivity contribution in [3.63, 3.8) is 0 Å². The van der Waals surface area contributed by atoms with Crippen LogP contribution in [0.1, 0.15) is 15.2 Å². The second kappa shape index (κ2) is 4.47. The summed E-state index contributed by atoms with van der Waals surface area (Å²) in [4.78, 5) is 12.6. The average Bonchev–Trinajstić information content (AvgIpc) is 2.74. The minimum absolute atomic E-state index is 0.0133. The zero-order valence-electron chi connectivity index (χ0n) is 7.54. The molecule has 2 aromatic rings. The van der Waals surface area contributed by atoms with Gasteiger partial charge in [-0.3, -0.25) is 4.79 Å². The lowest BCUT2D eigenvalue weighted by atomic mass is 10.1. The number of carbonyl (C=O) groups is 1. The molecule has 76 valence electrons. The molecule has 0 bridgehead atoms. The Morgan fingerprint density at radius 2 is 2.13 bits per heavy atom. The number of hydrogen-bond donors (Lipinski definition) is 0. The van der Waals surface area contributed by atoms with Crippen LogP contribution in [0.4, 0.5) is 0 Å². The molecular weight excluding hydrogens is 296 g/mol. The van der Waals surface area contributed by atoms with Crippen molar-refractivity contribution in [1.29, 1.82) is 0 Å². The van der Waals surface area contributed by atoms with Gasteiger partial charge >= 0.3 is 0 Å². The van der Waals surface area contributed by atoms with Gasteiger partial charge in [-0.15, -0.1) is 11.3 Å². The maximum absolute atomic E-state index is 11.9. The van der Waals surface area contributed by atoms with Crippen LogP contribution in [-0.2, 0) is 0 Å². The molecule has 0 saturated carbocycles. The standard InChI is InChI=1S/C11H6BrClOS/c12-8-4-3-7(6-9(8)13)11(14)10-2-1-5-15-10/h1-6H. The van der Waals surface area contributed by atoms with Gasteiger partial charge in [0.05, 0.1) is 9.90 Å². The summed E-state index contributed by atoms with van der Waals surface area (Å²) < 4.78 is 0.798. The van der Waals surface area contributed by atoms with Gasteiger partial charge in [0, 0.05) is 10.0 Å². The predicted octanol–water partition coefficient (Wildman–Crippen LogP) is 4.40. The first-order chi connectivity index (χ1) is 7.18. The highest BCUT2D eigenvalue weighted by molar-refractivity contribution is 9.10. The summed E-state index contributed by atoms with van der Waals surface area (Å²) in [5.41, 5.74) is 0.616. The Bertz CT molecular complexity index is 493. The Morgan fingerprint density at radius 1 is 1.33 bits per heavy atom. The molecule has 0 saturated heterocycles. The van der Waals surface area contributed by atoms with Gasteiger partial charge in [0.15, 0.2) is 0 Å². The molecule has 4 heteroatoms.